The molecule has 6 nitrogen and oxygen atoms in total. The number of piperidine rings is 1. The highest BCUT2D eigenvalue weighted by molar-refractivity contribution is 5.81. The van der Waals surface area contributed by atoms with E-state index in [2.05, 4.69) is 0 Å². The van der Waals surface area contributed by atoms with Crippen LogP contribution in [0.5, 0.6) is 0 Å². The van der Waals surface area contributed by atoms with Crippen molar-refractivity contribution >= 4 is 12.0 Å². The van der Waals surface area contributed by atoms with Gasteiger partial charge < -0.3 is 20.3 Å². The van der Waals surface area contributed by atoms with Crippen LogP contribution in [0.3, 0.4) is 0 Å². The van der Waals surface area contributed by atoms with E-state index in [1.807, 2.05) is 35.2 Å². The van der Waals surface area contributed by atoms with Crippen LogP contribution < -0.4 is 5.73 Å². The van der Waals surface area contributed by atoms with E-state index in [-0.39, 0.29) is 12.0 Å². The first-order valence-electron chi connectivity index (χ1n) is 9.56. The van der Waals surface area contributed by atoms with Gasteiger partial charge in [0, 0.05) is 25.7 Å². The number of rotatable bonds is 6. The van der Waals surface area contributed by atoms with Crippen molar-refractivity contribution in [1.29, 1.82) is 0 Å². The highest BCUT2D eigenvalue weighted by Crippen LogP contribution is 2.30. The Bertz CT molecular complexity index is 608. The largest absolute Gasteiger partial charge is 0.445 e. The number of nitrogens with zero attached hydrogens (tertiary/aromatic N) is 2. The number of carbonyl (C=O) groups excluding carboxylic acids is 2. The molecule has 0 aromatic heterocycles. The van der Waals surface area contributed by atoms with Crippen LogP contribution in [-0.4, -0.2) is 53.5 Å². The predicted molar refractivity (Wildman–Crippen MR) is 99.3 cm³/mol. The summed E-state index contributed by atoms with van der Waals surface area (Å²) in [7, 11) is 0. The van der Waals surface area contributed by atoms with Crippen LogP contribution in [-0.2, 0) is 16.1 Å². The molecule has 0 bridgehead atoms. The van der Waals surface area contributed by atoms with Gasteiger partial charge in [0.05, 0.1) is 6.04 Å². The number of hydrogen-bond donors (Lipinski definition) is 1. The Balaban J connectivity index is 1.43. The first-order valence-corrected chi connectivity index (χ1v) is 9.56. The summed E-state index contributed by atoms with van der Waals surface area (Å²) in [6.07, 6.45) is 3.72. The van der Waals surface area contributed by atoms with Crippen molar-refractivity contribution in [3.63, 3.8) is 0 Å². The predicted octanol–water partition coefficient (Wildman–Crippen LogP) is 2.37. The Kier molecular flexibility index (Phi) is 6.14. The number of carbonyl (C=O) groups is 2. The molecule has 6 heteroatoms. The second-order valence-electron chi connectivity index (χ2n) is 7.48. The van der Waals surface area contributed by atoms with E-state index in [0.29, 0.717) is 31.7 Å². The topological polar surface area (TPSA) is 75.9 Å². The van der Waals surface area contributed by atoms with Crippen molar-refractivity contribution in [3.8, 4) is 0 Å². The number of amides is 2. The summed E-state index contributed by atoms with van der Waals surface area (Å²) < 4.78 is 5.41. The maximum absolute atomic E-state index is 12.3. The van der Waals surface area contributed by atoms with Gasteiger partial charge in [0.15, 0.2) is 0 Å². The summed E-state index contributed by atoms with van der Waals surface area (Å²) in [5, 5.41) is 0. The molecule has 1 atom stereocenters. The molecular formula is C20H29N3O3. The molecule has 1 saturated heterocycles. The van der Waals surface area contributed by atoms with Crippen LogP contribution in [0, 0.1) is 5.92 Å². The van der Waals surface area contributed by atoms with E-state index in [9.17, 15) is 9.59 Å². The van der Waals surface area contributed by atoms with Gasteiger partial charge in [0.2, 0.25) is 5.91 Å². The zero-order valence-electron chi connectivity index (χ0n) is 15.5. The molecule has 1 aliphatic carbocycles. The Morgan fingerprint density at radius 3 is 2.42 bits per heavy atom. The molecule has 0 unspecified atom stereocenters. The van der Waals surface area contributed by atoms with Gasteiger partial charge in [-0.05, 0) is 44.1 Å². The zero-order valence-corrected chi connectivity index (χ0v) is 15.5. The lowest BCUT2D eigenvalue weighted by molar-refractivity contribution is -0.133. The summed E-state index contributed by atoms with van der Waals surface area (Å²) in [6.45, 7) is 4.19. The fourth-order valence-corrected chi connectivity index (χ4v) is 3.45. The lowest BCUT2D eigenvalue weighted by Gasteiger charge is -2.35. The summed E-state index contributed by atoms with van der Waals surface area (Å²) in [5.74, 6) is 0.480. The minimum absolute atomic E-state index is 0.0530. The Morgan fingerprint density at radius 1 is 1.19 bits per heavy atom. The molecule has 2 aliphatic rings. The molecule has 0 radical (unpaired) electrons. The fourth-order valence-electron chi connectivity index (χ4n) is 3.45. The number of nitrogens with two attached hydrogens (primary N) is 1. The van der Waals surface area contributed by atoms with Crippen molar-refractivity contribution in [2.24, 2.45) is 11.7 Å². The van der Waals surface area contributed by atoms with Crippen LogP contribution in [0.25, 0.3) is 0 Å². The monoisotopic (exact) mass is 359 g/mol. The van der Waals surface area contributed by atoms with Gasteiger partial charge in [0.1, 0.15) is 6.61 Å². The van der Waals surface area contributed by atoms with Crippen molar-refractivity contribution in [1.82, 2.24) is 9.80 Å². The second kappa shape index (κ2) is 8.54. The third-order valence-electron chi connectivity index (χ3n) is 5.19. The molecule has 26 heavy (non-hydrogen) atoms. The van der Waals surface area contributed by atoms with Crippen LogP contribution in [0.1, 0.15) is 38.2 Å². The van der Waals surface area contributed by atoms with E-state index in [4.69, 9.17) is 10.5 Å². The van der Waals surface area contributed by atoms with Crippen LogP contribution in [0.2, 0.25) is 0 Å². The van der Waals surface area contributed by atoms with E-state index in [1.54, 1.807) is 11.8 Å². The van der Waals surface area contributed by atoms with E-state index >= 15 is 0 Å². The zero-order chi connectivity index (χ0) is 18.5. The molecule has 142 valence electrons. The van der Waals surface area contributed by atoms with E-state index in [0.717, 1.165) is 37.8 Å². The molecular weight excluding hydrogens is 330 g/mol. The van der Waals surface area contributed by atoms with Crippen LogP contribution >= 0.6 is 0 Å². The summed E-state index contributed by atoms with van der Waals surface area (Å²) in [4.78, 5) is 28.3. The third kappa shape index (κ3) is 4.97. The highest BCUT2D eigenvalue weighted by Gasteiger charge is 2.36. The van der Waals surface area contributed by atoms with Gasteiger partial charge >= 0.3 is 6.09 Å². The van der Waals surface area contributed by atoms with E-state index in [1.165, 1.54) is 0 Å². The SMILES string of the molecule is C[C@H](N)C(=O)N(CC1CCN(C(=O)OCc2ccccc2)CC1)C1CC1. The number of benzene rings is 1. The number of likely N-dealkylation sites (tertiary alicyclic amines) is 1. The molecule has 0 spiro atoms. The average Bonchev–Trinajstić information content (AvgIpc) is 3.50. The Hall–Kier alpha value is -2.08. The third-order valence-corrected chi connectivity index (χ3v) is 5.19. The van der Waals surface area contributed by atoms with Crippen molar-refractivity contribution in [2.75, 3.05) is 19.6 Å². The molecule has 1 aromatic carbocycles. The van der Waals surface area contributed by atoms with Crippen molar-refractivity contribution in [3.05, 3.63) is 35.9 Å². The number of hydrogen-bond acceptors (Lipinski definition) is 4. The lowest BCUT2D eigenvalue weighted by atomic mass is 9.96. The lowest BCUT2D eigenvalue weighted by Crippen LogP contribution is -2.47. The smallest absolute Gasteiger partial charge is 0.410 e. The maximum atomic E-state index is 12.3. The van der Waals surface area contributed by atoms with Gasteiger partial charge in [-0.1, -0.05) is 30.3 Å². The van der Waals surface area contributed by atoms with Gasteiger partial charge in [0.25, 0.3) is 0 Å². The van der Waals surface area contributed by atoms with Crippen LogP contribution in [0.4, 0.5) is 4.79 Å². The highest BCUT2D eigenvalue weighted by atomic mass is 16.6. The number of ether oxygens (including phenoxy) is 1. The maximum Gasteiger partial charge on any atom is 0.410 e. The molecule has 1 aromatic rings. The van der Waals surface area contributed by atoms with E-state index < -0.39 is 6.04 Å². The Morgan fingerprint density at radius 2 is 1.85 bits per heavy atom. The normalized spacial score (nSPS) is 19.1. The van der Waals surface area contributed by atoms with Crippen LogP contribution in [0.15, 0.2) is 30.3 Å². The van der Waals surface area contributed by atoms with Crippen molar-refractivity contribution in [2.45, 2.75) is 51.3 Å². The molecule has 2 N–H and O–H groups in total. The minimum Gasteiger partial charge on any atom is -0.445 e. The Labute approximate surface area is 155 Å². The second-order valence-corrected chi connectivity index (χ2v) is 7.48. The average molecular weight is 359 g/mol. The molecule has 1 saturated carbocycles. The minimum atomic E-state index is -0.441. The first-order chi connectivity index (χ1) is 12.5. The summed E-state index contributed by atoms with van der Waals surface area (Å²) in [5.41, 5.74) is 6.78. The quantitative estimate of drug-likeness (QED) is 0.846. The van der Waals surface area contributed by atoms with Crippen molar-refractivity contribution < 1.29 is 14.3 Å². The van der Waals surface area contributed by atoms with Gasteiger partial charge in [-0.3, -0.25) is 4.79 Å². The van der Waals surface area contributed by atoms with Gasteiger partial charge in [-0.25, -0.2) is 4.79 Å². The molecule has 1 heterocycles. The first kappa shape index (κ1) is 18.7. The summed E-state index contributed by atoms with van der Waals surface area (Å²) >= 11 is 0. The fraction of sp³-hybridized carbons (Fsp3) is 0.600. The molecule has 2 amide bonds. The van der Waals surface area contributed by atoms with Gasteiger partial charge in [-0.2, -0.15) is 0 Å². The molecule has 2 fully saturated rings. The standard InChI is InChI=1S/C20H29N3O3/c1-15(21)19(24)23(18-7-8-18)13-16-9-11-22(12-10-16)20(25)26-14-17-5-3-2-4-6-17/h2-6,15-16,18H,7-14,21H2,1H3/t15-/m0/s1. The molecule has 1 aliphatic heterocycles. The van der Waals surface area contributed by atoms with Gasteiger partial charge in [-0.15, -0.1) is 0 Å². The summed E-state index contributed by atoms with van der Waals surface area (Å²) in [6, 6.07) is 9.64. The molecule has 3 rings (SSSR count).